The predicted molar refractivity (Wildman–Crippen MR) is 67.5 cm³/mol. The van der Waals surface area contributed by atoms with Gasteiger partial charge < -0.3 is 4.74 Å². The second-order valence-corrected chi connectivity index (χ2v) is 4.75. The molecule has 1 aliphatic heterocycles. The Morgan fingerprint density at radius 2 is 2.24 bits per heavy atom. The summed E-state index contributed by atoms with van der Waals surface area (Å²) in [5.41, 5.74) is 0.689. The number of Topliss-reactive ketones (excluding diaryl/α,β-unsaturated/α-hetero) is 1. The smallest absolute Gasteiger partial charge is 0.180 e. The van der Waals surface area contributed by atoms with Gasteiger partial charge in [-0.3, -0.25) is 9.69 Å². The van der Waals surface area contributed by atoms with Gasteiger partial charge in [0.15, 0.2) is 5.78 Å². The Bertz CT molecular complexity index is 403. The van der Waals surface area contributed by atoms with Gasteiger partial charge >= 0.3 is 0 Å². The second kappa shape index (κ2) is 5.32. The van der Waals surface area contributed by atoms with Crippen LogP contribution in [-0.4, -0.2) is 37.4 Å². The Morgan fingerprint density at radius 3 is 2.88 bits per heavy atom. The third-order valence-corrected chi connectivity index (χ3v) is 3.28. The molecular weight excluding hydrogens is 214 g/mol. The van der Waals surface area contributed by atoms with E-state index in [-0.39, 0.29) is 5.78 Å². The molecule has 0 N–H and O–H groups in total. The number of nitrogens with zero attached hydrogens (tertiary/aromatic N) is 1. The first-order chi connectivity index (χ1) is 8.20. The van der Waals surface area contributed by atoms with Crippen LogP contribution in [0.1, 0.15) is 23.7 Å². The van der Waals surface area contributed by atoms with Gasteiger partial charge in [0.25, 0.3) is 0 Å². The molecule has 1 atom stereocenters. The maximum absolute atomic E-state index is 12.2. The van der Waals surface area contributed by atoms with Gasteiger partial charge in [-0.05, 0) is 31.0 Å². The van der Waals surface area contributed by atoms with Crippen LogP contribution in [0, 0.1) is 5.92 Å². The number of ketones is 1. The summed E-state index contributed by atoms with van der Waals surface area (Å²) in [5.74, 6) is 1.53. The first-order valence-corrected chi connectivity index (χ1v) is 6.09. The summed E-state index contributed by atoms with van der Waals surface area (Å²) in [6, 6.07) is 7.43. The molecule has 1 aromatic carbocycles. The highest BCUT2D eigenvalue weighted by atomic mass is 16.5. The number of methoxy groups -OCH3 is 1. The summed E-state index contributed by atoms with van der Waals surface area (Å²) in [5, 5.41) is 0. The molecular formula is C14H19NO2. The van der Waals surface area contributed by atoms with E-state index in [4.69, 9.17) is 4.74 Å². The molecule has 0 aromatic heterocycles. The van der Waals surface area contributed by atoms with Crippen molar-refractivity contribution < 1.29 is 9.53 Å². The van der Waals surface area contributed by atoms with Crippen LogP contribution in [0.4, 0.5) is 0 Å². The minimum atomic E-state index is 0.150. The van der Waals surface area contributed by atoms with Crippen LogP contribution in [0.3, 0.4) is 0 Å². The topological polar surface area (TPSA) is 29.5 Å². The van der Waals surface area contributed by atoms with E-state index in [2.05, 4.69) is 11.8 Å². The van der Waals surface area contributed by atoms with Crippen molar-refractivity contribution in [1.82, 2.24) is 4.90 Å². The summed E-state index contributed by atoms with van der Waals surface area (Å²) in [6.45, 7) is 4.79. The molecule has 1 aromatic rings. The van der Waals surface area contributed by atoms with Crippen molar-refractivity contribution in [2.24, 2.45) is 5.92 Å². The van der Waals surface area contributed by atoms with Gasteiger partial charge in [0.05, 0.1) is 19.2 Å². The molecule has 0 radical (unpaired) electrons. The highest BCUT2D eigenvalue weighted by Crippen LogP contribution is 2.20. The lowest BCUT2D eigenvalue weighted by Gasteiger charge is -2.15. The van der Waals surface area contributed by atoms with Crippen LogP contribution in [0.15, 0.2) is 24.3 Å². The molecule has 3 nitrogen and oxygen atoms in total. The quantitative estimate of drug-likeness (QED) is 0.747. The van der Waals surface area contributed by atoms with Crippen LogP contribution in [0.2, 0.25) is 0 Å². The van der Waals surface area contributed by atoms with Gasteiger partial charge in [0.2, 0.25) is 0 Å². The summed E-state index contributed by atoms with van der Waals surface area (Å²) in [7, 11) is 1.60. The molecule has 17 heavy (non-hydrogen) atoms. The molecule has 2 rings (SSSR count). The zero-order valence-electron chi connectivity index (χ0n) is 10.5. The van der Waals surface area contributed by atoms with Crippen molar-refractivity contribution >= 4 is 5.78 Å². The number of likely N-dealkylation sites (tertiary alicyclic amines) is 1. The fourth-order valence-electron chi connectivity index (χ4n) is 2.33. The van der Waals surface area contributed by atoms with Crippen LogP contribution in [-0.2, 0) is 0 Å². The minimum Gasteiger partial charge on any atom is -0.496 e. The molecule has 1 heterocycles. The molecule has 0 spiro atoms. The lowest BCUT2D eigenvalue weighted by atomic mass is 10.1. The van der Waals surface area contributed by atoms with E-state index in [1.54, 1.807) is 7.11 Å². The lowest BCUT2D eigenvalue weighted by Crippen LogP contribution is -2.27. The highest BCUT2D eigenvalue weighted by Gasteiger charge is 2.22. The normalized spacial score (nSPS) is 20.5. The maximum atomic E-state index is 12.2. The van der Waals surface area contributed by atoms with Gasteiger partial charge in [0.1, 0.15) is 5.75 Å². The van der Waals surface area contributed by atoms with Gasteiger partial charge in [-0.1, -0.05) is 19.1 Å². The van der Waals surface area contributed by atoms with Gasteiger partial charge in [0, 0.05) is 6.54 Å². The van der Waals surface area contributed by atoms with E-state index in [1.165, 1.54) is 6.42 Å². The van der Waals surface area contributed by atoms with Crippen molar-refractivity contribution in [2.45, 2.75) is 13.3 Å². The van der Waals surface area contributed by atoms with Crippen molar-refractivity contribution in [3.05, 3.63) is 29.8 Å². The van der Waals surface area contributed by atoms with Crippen molar-refractivity contribution in [1.29, 1.82) is 0 Å². The number of para-hydroxylation sites is 1. The molecule has 0 aliphatic carbocycles. The van der Waals surface area contributed by atoms with E-state index in [0.29, 0.717) is 23.8 Å². The van der Waals surface area contributed by atoms with Crippen molar-refractivity contribution in [3.63, 3.8) is 0 Å². The Hall–Kier alpha value is -1.35. The average molecular weight is 233 g/mol. The molecule has 3 heteroatoms. The fraction of sp³-hybridized carbons (Fsp3) is 0.500. The van der Waals surface area contributed by atoms with Gasteiger partial charge in [-0.2, -0.15) is 0 Å². The van der Waals surface area contributed by atoms with Gasteiger partial charge in [-0.15, -0.1) is 0 Å². The molecule has 0 amide bonds. The summed E-state index contributed by atoms with van der Waals surface area (Å²) >= 11 is 0. The molecule has 1 unspecified atom stereocenters. The van der Waals surface area contributed by atoms with E-state index in [1.807, 2.05) is 24.3 Å². The Kier molecular flexibility index (Phi) is 3.79. The van der Waals surface area contributed by atoms with Crippen molar-refractivity contribution in [3.8, 4) is 5.75 Å². The molecule has 0 bridgehead atoms. The molecule has 1 aliphatic rings. The van der Waals surface area contributed by atoms with E-state index >= 15 is 0 Å². The van der Waals surface area contributed by atoms with E-state index in [9.17, 15) is 4.79 Å². The molecule has 1 fully saturated rings. The number of carbonyl (C=O) groups is 1. The van der Waals surface area contributed by atoms with Crippen LogP contribution >= 0.6 is 0 Å². The third kappa shape index (κ3) is 2.86. The average Bonchev–Trinajstić information content (AvgIpc) is 2.74. The number of hydrogen-bond donors (Lipinski definition) is 0. The zero-order valence-corrected chi connectivity index (χ0v) is 10.5. The number of ether oxygens (including phenoxy) is 1. The fourth-order valence-corrected chi connectivity index (χ4v) is 2.33. The van der Waals surface area contributed by atoms with Crippen molar-refractivity contribution in [2.75, 3.05) is 26.7 Å². The third-order valence-electron chi connectivity index (χ3n) is 3.28. The van der Waals surface area contributed by atoms with E-state index in [0.717, 1.165) is 13.1 Å². The summed E-state index contributed by atoms with van der Waals surface area (Å²) in [4.78, 5) is 14.4. The number of rotatable bonds is 4. The van der Waals surface area contributed by atoms with Crippen LogP contribution in [0.25, 0.3) is 0 Å². The summed E-state index contributed by atoms with van der Waals surface area (Å²) < 4.78 is 5.21. The Labute approximate surface area is 102 Å². The first-order valence-electron chi connectivity index (χ1n) is 6.09. The second-order valence-electron chi connectivity index (χ2n) is 4.75. The highest BCUT2D eigenvalue weighted by molar-refractivity contribution is 6.00. The minimum absolute atomic E-state index is 0.150. The maximum Gasteiger partial charge on any atom is 0.180 e. The zero-order chi connectivity index (χ0) is 12.3. The summed E-state index contributed by atoms with van der Waals surface area (Å²) in [6.07, 6.45) is 1.19. The molecule has 1 saturated heterocycles. The van der Waals surface area contributed by atoms with Gasteiger partial charge in [-0.25, -0.2) is 0 Å². The largest absolute Gasteiger partial charge is 0.496 e. The standard InChI is InChI=1S/C14H19NO2/c1-11-7-8-15(9-11)10-13(16)12-5-3-4-6-14(12)17-2/h3-6,11H,7-10H2,1-2H3. The van der Waals surface area contributed by atoms with Crippen LogP contribution < -0.4 is 4.74 Å². The number of benzene rings is 1. The SMILES string of the molecule is COc1ccccc1C(=O)CN1CCC(C)C1. The number of carbonyl (C=O) groups excluding carboxylic acids is 1. The molecule has 0 saturated carbocycles. The Morgan fingerprint density at radius 1 is 1.47 bits per heavy atom. The molecule has 92 valence electrons. The Balaban J connectivity index is 2.04. The predicted octanol–water partition coefficient (Wildman–Crippen LogP) is 2.22. The monoisotopic (exact) mass is 233 g/mol. The van der Waals surface area contributed by atoms with Crippen LogP contribution in [0.5, 0.6) is 5.75 Å². The lowest BCUT2D eigenvalue weighted by molar-refractivity contribution is 0.0941. The number of hydrogen-bond acceptors (Lipinski definition) is 3. The first kappa shape index (κ1) is 12.1. The van der Waals surface area contributed by atoms with E-state index < -0.39 is 0 Å².